The van der Waals surface area contributed by atoms with Gasteiger partial charge in [0, 0.05) is 6.92 Å². The first-order valence-electron chi connectivity index (χ1n) is 7.86. The molecule has 0 N–H and O–H groups in total. The van der Waals surface area contributed by atoms with Crippen molar-refractivity contribution in [2.24, 2.45) is 0 Å². The lowest BCUT2D eigenvalue weighted by Crippen LogP contribution is -2.41. The van der Waals surface area contributed by atoms with Crippen molar-refractivity contribution in [3.63, 3.8) is 0 Å². The summed E-state index contributed by atoms with van der Waals surface area (Å²) in [5, 5.41) is 0. The second kappa shape index (κ2) is 7.17. The highest BCUT2D eigenvalue weighted by atomic mass is 16.6. The molecular formula is C19H17NO5. The van der Waals surface area contributed by atoms with Gasteiger partial charge in [-0.05, 0) is 24.3 Å². The maximum absolute atomic E-state index is 12.4. The van der Waals surface area contributed by atoms with E-state index in [9.17, 15) is 14.4 Å². The Bertz CT molecular complexity index is 767. The van der Waals surface area contributed by atoms with Crippen LogP contribution in [0.2, 0.25) is 0 Å². The summed E-state index contributed by atoms with van der Waals surface area (Å²) in [6.07, 6.45) is -0.750. The minimum atomic E-state index is -0.750. The van der Waals surface area contributed by atoms with Gasteiger partial charge in [-0.15, -0.1) is 0 Å². The van der Waals surface area contributed by atoms with Gasteiger partial charge in [0.15, 0.2) is 6.10 Å². The zero-order valence-corrected chi connectivity index (χ0v) is 13.7. The minimum Gasteiger partial charge on any atom is -0.490 e. The molecule has 2 aromatic carbocycles. The maximum Gasteiger partial charge on any atom is 0.303 e. The second-order valence-electron chi connectivity index (χ2n) is 5.62. The van der Waals surface area contributed by atoms with Crippen LogP contribution in [0.25, 0.3) is 0 Å². The van der Waals surface area contributed by atoms with Gasteiger partial charge >= 0.3 is 5.97 Å². The van der Waals surface area contributed by atoms with Crippen molar-refractivity contribution >= 4 is 17.8 Å². The first-order valence-corrected chi connectivity index (χ1v) is 7.86. The SMILES string of the molecule is CC(=O)O[C@H](COc1ccccc1)CN1C(=O)c2ccccc2C1=O. The van der Waals surface area contributed by atoms with Crippen molar-refractivity contribution in [2.45, 2.75) is 13.0 Å². The van der Waals surface area contributed by atoms with Crippen LogP contribution in [0.5, 0.6) is 5.75 Å². The number of imide groups is 1. The number of carbonyl (C=O) groups is 3. The number of fused-ring (bicyclic) bond motifs is 1. The number of para-hydroxylation sites is 1. The molecule has 6 heteroatoms. The summed E-state index contributed by atoms with van der Waals surface area (Å²) < 4.78 is 10.8. The average Bonchev–Trinajstić information content (AvgIpc) is 2.85. The van der Waals surface area contributed by atoms with Gasteiger partial charge in [-0.2, -0.15) is 0 Å². The average molecular weight is 339 g/mol. The molecule has 6 nitrogen and oxygen atoms in total. The molecule has 3 rings (SSSR count). The fourth-order valence-corrected chi connectivity index (χ4v) is 2.67. The summed E-state index contributed by atoms with van der Waals surface area (Å²) in [5.41, 5.74) is 0.719. The van der Waals surface area contributed by atoms with E-state index in [1.807, 2.05) is 18.2 Å². The summed E-state index contributed by atoms with van der Waals surface area (Å²) in [7, 11) is 0. The Kier molecular flexibility index (Phi) is 4.79. The van der Waals surface area contributed by atoms with Crippen LogP contribution in [-0.2, 0) is 9.53 Å². The molecular weight excluding hydrogens is 322 g/mol. The lowest BCUT2D eigenvalue weighted by molar-refractivity contribution is -0.148. The molecule has 0 spiro atoms. The van der Waals surface area contributed by atoms with Gasteiger partial charge in [0.1, 0.15) is 12.4 Å². The van der Waals surface area contributed by atoms with Gasteiger partial charge in [-0.25, -0.2) is 0 Å². The van der Waals surface area contributed by atoms with Crippen LogP contribution in [0, 0.1) is 0 Å². The summed E-state index contributed by atoms with van der Waals surface area (Å²) in [6.45, 7) is 1.26. The van der Waals surface area contributed by atoms with Crippen LogP contribution in [-0.4, -0.2) is 41.9 Å². The third kappa shape index (κ3) is 3.68. The van der Waals surface area contributed by atoms with E-state index in [1.165, 1.54) is 6.92 Å². The molecule has 2 amide bonds. The molecule has 2 aromatic rings. The molecule has 0 saturated carbocycles. The Morgan fingerprint density at radius 1 is 0.960 bits per heavy atom. The monoisotopic (exact) mass is 339 g/mol. The molecule has 1 aliphatic heterocycles. The van der Waals surface area contributed by atoms with E-state index < -0.39 is 23.9 Å². The van der Waals surface area contributed by atoms with Crippen LogP contribution in [0.1, 0.15) is 27.6 Å². The standard InChI is InChI=1S/C19H17NO5/c1-13(21)25-15(12-24-14-7-3-2-4-8-14)11-20-18(22)16-9-5-6-10-17(16)19(20)23/h2-10,15H,11-12H2,1H3/t15-/m0/s1. The smallest absolute Gasteiger partial charge is 0.303 e. The summed E-state index contributed by atoms with van der Waals surface area (Å²) >= 11 is 0. The predicted octanol–water partition coefficient (Wildman–Crippen LogP) is 2.29. The van der Waals surface area contributed by atoms with Gasteiger partial charge in [0.2, 0.25) is 0 Å². The molecule has 1 heterocycles. The zero-order chi connectivity index (χ0) is 17.8. The molecule has 25 heavy (non-hydrogen) atoms. The van der Waals surface area contributed by atoms with E-state index in [1.54, 1.807) is 36.4 Å². The number of rotatable bonds is 6. The largest absolute Gasteiger partial charge is 0.490 e. The molecule has 0 radical (unpaired) electrons. The fourth-order valence-electron chi connectivity index (χ4n) is 2.67. The van der Waals surface area contributed by atoms with Crippen molar-refractivity contribution in [1.29, 1.82) is 0 Å². The second-order valence-corrected chi connectivity index (χ2v) is 5.62. The first kappa shape index (κ1) is 16.7. The Balaban J connectivity index is 1.71. The summed E-state index contributed by atoms with van der Waals surface area (Å²) in [4.78, 5) is 37.3. The van der Waals surface area contributed by atoms with E-state index in [0.29, 0.717) is 16.9 Å². The molecule has 0 aromatic heterocycles. The Labute approximate surface area is 145 Å². The van der Waals surface area contributed by atoms with Crippen LogP contribution in [0.15, 0.2) is 54.6 Å². The van der Waals surface area contributed by atoms with Crippen molar-refractivity contribution in [1.82, 2.24) is 4.90 Å². The lowest BCUT2D eigenvalue weighted by atomic mass is 10.1. The van der Waals surface area contributed by atoms with Gasteiger partial charge in [0.25, 0.3) is 11.8 Å². The van der Waals surface area contributed by atoms with E-state index in [0.717, 1.165) is 4.90 Å². The number of esters is 1. The minimum absolute atomic E-state index is 0.0387. The number of carbonyl (C=O) groups excluding carboxylic acids is 3. The topological polar surface area (TPSA) is 72.9 Å². The molecule has 1 atom stereocenters. The third-order valence-electron chi connectivity index (χ3n) is 3.78. The Hall–Kier alpha value is -3.15. The molecule has 0 unspecified atom stereocenters. The number of hydrogen-bond acceptors (Lipinski definition) is 5. The van der Waals surface area contributed by atoms with Crippen molar-refractivity contribution in [3.8, 4) is 5.75 Å². The van der Waals surface area contributed by atoms with Gasteiger partial charge in [-0.1, -0.05) is 30.3 Å². The number of benzene rings is 2. The van der Waals surface area contributed by atoms with Crippen LogP contribution < -0.4 is 4.74 Å². The van der Waals surface area contributed by atoms with Gasteiger partial charge < -0.3 is 9.47 Å². The highest BCUT2D eigenvalue weighted by Gasteiger charge is 2.37. The first-order chi connectivity index (χ1) is 12.1. The fraction of sp³-hybridized carbons (Fsp3) is 0.211. The molecule has 128 valence electrons. The highest BCUT2D eigenvalue weighted by Crippen LogP contribution is 2.23. The van der Waals surface area contributed by atoms with E-state index in [-0.39, 0.29) is 13.2 Å². The van der Waals surface area contributed by atoms with Crippen molar-refractivity contribution < 1.29 is 23.9 Å². The zero-order valence-electron chi connectivity index (χ0n) is 13.7. The third-order valence-corrected chi connectivity index (χ3v) is 3.78. The van der Waals surface area contributed by atoms with Crippen LogP contribution in [0.4, 0.5) is 0 Å². The van der Waals surface area contributed by atoms with E-state index in [4.69, 9.17) is 9.47 Å². The number of nitrogens with zero attached hydrogens (tertiary/aromatic N) is 1. The van der Waals surface area contributed by atoms with Crippen molar-refractivity contribution in [2.75, 3.05) is 13.2 Å². The van der Waals surface area contributed by atoms with Gasteiger partial charge in [-0.3, -0.25) is 19.3 Å². The number of ether oxygens (including phenoxy) is 2. The summed E-state index contributed by atoms with van der Waals surface area (Å²) in [5.74, 6) is -0.671. The number of hydrogen-bond donors (Lipinski definition) is 0. The molecule has 0 saturated heterocycles. The highest BCUT2D eigenvalue weighted by molar-refractivity contribution is 6.21. The normalized spacial score (nSPS) is 14.2. The number of amides is 2. The molecule has 0 fully saturated rings. The molecule has 1 aliphatic rings. The Morgan fingerprint density at radius 2 is 1.52 bits per heavy atom. The molecule has 0 aliphatic carbocycles. The predicted molar refractivity (Wildman–Crippen MR) is 89.3 cm³/mol. The summed E-state index contributed by atoms with van der Waals surface area (Å²) in [6, 6.07) is 15.7. The lowest BCUT2D eigenvalue weighted by Gasteiger charge is -2.22. The van der Waals surface area contributed by atoms with Crippen LogP contribution in [0.3, 0.4) is 0 Å². The van der Waals surface area contributed by atoms with E-state index >= 15 is 0 Å². The quantitative estimate of drug-likeness (QED) is 0.596. The Morgan fingerprint density at radius 3 is 2.08 bits per heavy atom. The van der Waals surface area contributed by atoms with E-state index in [2.05, 4.69) is 0 Å². The van der Waals surface area contributed by atoms with Gasteiger partial charge in [0.05, 0.1) is 17.7 Å². The molecule has 0 bridgehead atoms. The maximum atomic E-state index is 12.4. The van der Waals surface area contributed by atoms with Crippen LogP contribution >= 0.6 is 0 Å². The van der Waals surface area contributed by atoms with Crippen molar-refractivity contribution in [3.05, 3.63) is 65.7 Å².